The number of benzene rings is 3. The Labute approximate surface area is 792 Å². The molecule has 0 bridgehead atoms. The molecule has 19 N–H and O–H groups in total. The van der Waals surface area contributed by atoms with Crippen LogP contribution in [0, 0.1) is 17.8 Å². The maximum Gasteiger partial charge on any atom is 0.303 e. The lowest BCUT2D eigenvalue weighted by molar-refractivity contribution is -0.150. The van der Waals surface area contributed by atoms with Gasteiger partial charge in [0.25, 0.3) is 0 Å². The molecule has 14 amide bonds. The Morgan fingerprint density at radius 3 is 1.71 bits per heavy atom. The Morgan fingerprint density at radius 1 is 0.559 bits per heavy atom. The maximum atomic E-state index is 15.9. The van der Waals surface area contributed by atoms with Gasteiger partial charge in [-0.15, -0.1) is 0 Å². The first-order chi connectivity index (χ1) is 64.8. The summed E-state index contributed by atoms with van der Waals surface area (Å²) in [5.74, 6) is -19.8. The number of carboxylic acids is 1. The van der Waals surface area contributed by atoms with Crippen molar-refractivity contribution in [3.8, 4) is 5.75 Å². The van der Waals surface area contributed by atoms with Crippen LogP contribution in [0.2, 0.25) is 0 Å². The molecule has 40 nitrogen and oxygen atoms in total. The van der Waals surface area contributed by atoms with Crippen LogP contribution >= 0.6 is 11.8 Å². The van der Waals surface area contributed by atoms with Crippen molar-refractivity contribution < 1.29 is 102 Å². The first-order valence-corrected chi connectivity index (χ1v) is 47.7. The molecule has 9 rings (SSSR count). The number of carboxylic acid groups (broad SMARTS) is 1. The highest BCUT2D eigenvalue weighted by molar-refractivity contribution is 7.99. The Morgan fingerprint density at radius 2 is 1.12 bits per heavy atom. The van der Waals surface area contributed by atoms with E-state index >= 15 is 43.2 Å². The molecule has 0 aliphatic carbocycles. The number of para-hydroxylation sites is 2. The zero-order valence-electron chi connectivity index (χ0n) is 78.3. The summed E-state index contributed by atoms with van der Waals surface area (Å²) in [6.45, 7) is 9.35. The summed E-state index contributed by atoms with van der Waals surface area (Å²) < 4.78 is 0. The van der Waals surface area contributed by atoms with Gasteiger partial charge in [-0.25, -0.2) is 4.98 Å². The third kappa shape index (κ3) is 29.5. The van der Waals surface area contributed by atoms with Crippen molar-refractivity contribution in [3.63, 3.8) is 0 Å². The van der Waals surface area contributed by atoms with Crippen LogP contribution in [0.5, 0.6) is 5.75 Å². The topological polar surface area (TPSA) is 607 Å². The van der Waals surface area contributed by atoms with Gasteiger partial charge >= 0.3 is 5.97 Å². The number of aromatic amines is 3. The number of phenolic OH excluding ortho intramolecular Hbond substituents is 1. The van der Waals surface area contributed by atoms with Crippen LogP contribution in [0.1, 0.15) is 180 Å². The minimum absolute atomic E-state index is 0.0346. The standard InChI is InChI=1S/C95H131N19O21S/c1-9-12-23-74-88(128)106-69(37-53(4)5)80(119)42-59(78(117)31-32-81(97)120)50-136-51-83(122)103-72(38-55-26-28-61(115)29-27-55)92(132)110(7)54(6)79(118)41-56(43-82(98)121)91(131)113-36-18-25-75(113)89(129)108-71(44-60-48-99-52-102-60)87(127)105-68(30-33-84(123)124)94(134)114-49-62(116)45-77(114)90(130)107-70(39-57-46-100-65-21-16-14-19-63(57)65)86(126)104-67(34-35-96)85(125)109-73(40-58-47-101-66-22-17-15-20-64(58)66)93(133)111(8)76(24-13-10-2)95(135)112(74)11-3/h14-17,19-22,26-29,46-48,52-54,56,59,62,67-77,100-101,115-116H,9-13,18,23-25,30-45,49-51,96H2,1-8H3,(H2,97,120)(H2,98,121)(H,99,102)(H,103,122)(H,104,126)(H,105,127)(H,106,128)(H,107,130)(H,108,129)(H,109,125)(H,123,124)/t54-,56-,59-,62+,67-,68-,69-,70-,71-,72-,73-,74-,75-,76-,77-/m0/s1. The number of imidazole rings is 1. The Hall–Kier alpha value is -12.9. The van der Waals surface area contributed by atoms with Gasteiger partial charge in [0.05, 0.1) is 36.2 Å². The lowest BCUT2D eigenvalue weighted by Crippen LogP contribution is -2.61. The summed E-state index contributed by atoms with van der Waals surface area (Å²) in [5.41, 5.74) is 20.6. The number of carbonyl (C=O) groups excluding carboxylic acids is 17. The van der Waals surface area contributed by atoms with Crippen LogP contribution in [-0.4, -0.2) is 296 Å². The molecule has 3 saturated heterocycles. The number of thioether (sulfide) groups is 1. The van der Waals surface area contributed by atoms with E-state index in [1.165, 1.54) is 67.6 Å². The summed E-state index contributed by atoms with van der Waals surface area (Å²) in [5, 5.41) is 52.4. The van der Waals surface area contributed by atoms with Gasteiger partial charge in [-0.2, -0.15) is 11.8 Å². The van der Waals surface area contributed by atoms with Crippen LogP contribution in [-0.2, 0) is 112 Å². The fraction of sp³-hybridized carbons (Fsp3) is 0.547. The predicted octanol–water partition coefficient (Wildman–Crippen LogP) is 1.83. The number of Topliss-reactive ketones (excluding diaryl/α,β-unsaturated/α-hetero) is 3. The second kappa shape index (κ2) is 51.1. The third-order valence-electron chi connectivity index (χ3n) is 25.3. The van der Waals surface area contributed by atoms with Crippen molar-refractivity contribution in [2.24, 2.45) is 35.0 Å². The predicted molar refractivity (Wildman–Crippen MR) is 502 cm³/mol. The molecule has 0 spiro atoms. The number of hydrogen-bond donors (Lipinski definition) is 16. The van der Waals surface area contributed by atoms with E-state index in [0.29, 0.717) is 64.2 Å². The number of ketones is 3. The first-order valence-electron chi connectivity index (χ1n) is 46.6. The van der Waals surface area contributed by atoms with E-state index in [1.54, 1.807) is 67.8 Å². The smallest absolute Gasteiger partial charge is 0.303 e. The number of aromatic hydroxyl groups is 1. The number of nitrogens with one attached hydrogen (secondary N) is 10. The molecule has 0 unspecified atom stereocenters. The van der Waals surface area contributed by atoms with Crippen molar-refractivity contribution in [2.45, 2.75) is 261 Å². The molecule has 3 fully saturated rings. The summed E-state index contributed by atoms with van der Waals surface area (Å²) in [4.78, 5) is 284. The van der Waals surface area contributed by atoms with E-state index in [1.807, 2.05) is 27.7 Å². The van der Waals surface area contributed by atoms with Gasteiger partial charge < -0.3 is 109 Å². The molecule has 0 radical (unpaired) electrons. The molecule has 3 aliphatic rings. The van der Waals surface area contributed by atoms with Gasteiger partial charge in [0.2, 0.25) is 82.7 Å². The number of H-pyrrole nitrogens is 3. The SMILES string of the molecule is CCCC[C@H]1C(=O)N(CC)[C@@H](CCCC)C(=O)N[C@@H](CC(C)C)C(=O)C[C@H](C(=O)CCC(N)=O)CSCC(=O)N[C@@H](Cc2ccc(O)cc2)C(=O)N(C)[C@@H](C)C(=O)C[C@@H](CC(N)=O)C(=O)N2CCC[C@H]2C(=O)N[C@@H](Cc2cnc[nH]2)C(=O)N[C@@H](CCC(=O)O)C(=O)N2C[C@H](O)C[C@H]2C(=O)N[C@@H](Cc2c[nH]c3ccccc23)C(=O)N[C@@H](CCN)C(=O)N[C@@H](Cc2c[nH]c3ccccc23)C(=O)N1C. The number of likely N-dealkylation sites (N-methyl/N-ethyl adjacent to an activating group) is 3. The molecule has 3 aromatic heterocycles. The molecule has 6 heterocycles. The quantitative estimate of drug-likeness (QED) is 0.0333. The monoisotopic (exact) mass is 1910 g/mol. The van der Waals surface area contributed by atoms with E-state index in [4.69, 9.17) is 17.2 Å². The van der Waals surface area contributed by atoms with Gasteiger partial charge in [-0.3, -0.25) is 86.3 Å². The van der Waals surface area contributed by atoms with E-state index in [9.17, 15) is 58.5 Å². The number of aliphatic carboxylic acids is 1. The summed E-state index contributed by atoms with van der Waals surface area (Å²) in [6.07, 6.45) is 0.494. The zero-order valence-corrected chi connectivity index (χ0v) is 79.1. The second-order valence-electron chi connectivity index (χ2n) is 35.9. The summed E-state index contributed by atoms with van der Waals surface area (Å²) >= 11 is 0.903. The van der Waals surface area contributed by atoms with Crippen molar-refractivity contribution in [1.29, 1.82) is 0 Å². The molecule has 3 aromatic carbocycles. The molecule has 136 heavy (non-hydrogen) atoms. The van der Waals surface area contributed by atoms with Gasteiger partial charge in [0.1, 0.15) is 72.0 Å². The first kappa shape index (κ1) is 107. The van der Waals surface area contributed by atoms with Crippen LogP contribution in [0.25, 0.3) is 21.8 Å². The van der Waals surface area contributed by atoms with Gasteiger partial charge in [0.15, 0.2) is 11.6 Å². The molecule has 6 aromatic rings. The Bertz CT molecular complexity index is 5240. The van der Waals surface area contributed by atoms with Crippen molar-refractivity contribution >= 4 is 140 Å². The fourth-order valence-electron chi connectivity index (χ4n) is 17.7. The number of aliphatic hydroxyl groups excluding tert-OH is 1. The largest absolute Gasteiger partial charge is 0.508 e. The van der Waals surface area contributed by atoms with Gasteiger partial charge in [0, 0.05) is 162 Å². The molecule has 15 atom stereocenters. The Balaban J connectivity index is 1.11. The van der Waals surface area contributed by atoms with Gasteiger partial charge in [-0.1, -0.05) is 102 Å². The second-order valence-corrected chi connectivity index (χ2v) is 36.9. The third-order valence-corrected chi connectivity index (χ3v) is 26.4. The average molecular weight is 1910 g/mol. The minimum atomic E-state index is -1.82. The number of primary amides is 2. The average Bonchev–Trinajstić information content (AvgIpc) is 1.66. The summed E-state index contributed by atoms with van der Waals surface area (Å²) in [6, 6.07) is 1.85. The number of aromatic nitrogens is 4. The number of phenols is 1. The highest BCUT2D eigenvalue weighted by Crippen LogP contribution is 2.30. The molecule has 3 aliphatic heterocycles. The van der Waals surface area contributed by atoms with E-state index < -0.39 is 260 Å². The van der Waals surface area contributed by atoms with Crippen LogP contribution in [0.15, 0.2) is 97.7 Å². The number of fused-ring (bicyclic) bond motifs is 4. The number of hydrogen-bond acceptors (Lipinski definition) is 23. The van der Waals surface area contributed by atoms with Crippen molar-refractivity contribution in [3.05, 3.63) is 120 Å². The molecule has 41 heteroatoms. The maximum absolute atomic E-state index is 15.9. The number of unbranched alkanes of at least 4 members (excludes halogenated alkanes) is 2. The van der Waals surface area contributed by atoms with Crippen LogP contribution in [0.4, 0.5) is 0 Å². The zero-order chi connectivity index (χ0) is 99.3. The van der Waals surface area contributed by atoms with Crippen molar-refractivity contribution in [1.82, 2.24) is 81.7 Å². The minimum Gasteiger partial charge on any atom is -0.508 e. The molecule has 738 valence electrons. The molecule has 0 saturated carbocycles. The lowest BCUT2D eigenvalue weighted by Gasteiger charge is -2.38. The normalized spacial score (nSPS) is 24.8. The number of aliphatic hydroxyl groups is 1. The number of nitrogens with two attached hydrogens (primary N) is 3. The Kier molecular flexibility index (Phi) is 40.1. The number of amides is 14. The van der Waals surface area contributed by atoms with E-state index in [-0.39, 0.29) is 107 Å². The van der Waals surface area contributed by atoms with Gasteiger partial charge in [-0.05, 0) is 112 Å². The molecular weight excluding hydrogens is 1780 g/mol. The fourth-order valence-corrected chi connectivity index (χ4v) is 18.7. The highest BCUT2D eigenvalue weighted by Gasteiger charge is 2.47. The highest BCUT2D eigenvalue weighted by atomic mass is 32.2. The van der Waals surface area contributed by atoms with Crippen LogP contribution < -0.4 is 54.4 Å². The van der Waals surface area contributed by atoms with Crippen LogP contribution in [0.3, 0.4) is 0 Å². The number of nitrogens with zero attached hydrogens (tertiary/aromatic N) is 6. The lowest BCUT2D eigenvalue weighted by atomic mass is 9.90. The van der Waals surface area contributed by atoms with E-state index in [2.05, 4.69) is 57.2 Å². The summed E-state index contributed by atoms with van der Waals surface area (Å²) in [7, 11) is 2.67. The number of carbonyl (C=O) groups is 18. The van der Waals surface area contributed by atoms with Crippen molar-refractivity contribution in [2.75, 3.05) is 51.8 Å². The van der Waals surface area contributed by atoms with E-state index in [0.717, 1.165) is 26.5 Å². The number of rotatable bonds is 28. The molecular formula is C95H131N19O21S.